The van der Waals surface area contributed by atoms with Gasteiger partial charge in [0.05, 0.1) is 6.61 Å². The molecule has 0 aromatic carbocycles. The van der Waals surface area contributed by atoms with E-state index in [0.717, 1.165) is 0 Å². The van der Waals surface area contributed by atoms with E-state index < -0.39 is 12.0 Å². The molecule has 68 valence electrons. The predicted molar refractivity (Wildman–Crippen MR) is 44.4 cm³/mol. The van der Waals surface area contributed by atoms with Crippen molar-refractivity contribution in [1.29, 1.82) is 0 Å². The molecule has 0 aliphatic heterocycles. The zero-order chi connectivity index (χ0) is 9.56. The number of hydrogen-bond donors (Lipinski definition) is 0. The van der Waals surface area contributed by atoms with Crippen LogP contribution in [0.2, 0.25) is 0 Å². The van der Waals surface area contributed by atoms with Crippen LogP contribution in [0.4, 0.5) is 0 Å². The zero-order valence-electron chi connectivity index (χ0n) is 7.52. The summed E-state index contributed by atoms with van der Waals surface area (Å²) in [6.45, 7) is 5.63. The first-order valence-electron chi connectivity index (χ1n) is 3.84. The Kier molecular flexibility index (Phi) is 4.88. The highest BCUT2D eigenvalue weighted by molar-refractivity contribution is 5.76. The van der Waals surface area contributed by atoms with Crippen molar-refractivity contribution < 1.29 is 9.53 Å². The van der Waals surface area contributed by atoms with E-state index in [4.69, 9.17) is 10.3 Å². The largest absolute Gasteiger partial charge is 0.466 e. The molecule has 12 heavy (non-hydrogen) atoms. The van der Waals surface area contributed by atoms with E-state index in [-0.39, 0.29) is 5.92 Å². The van der Waals surface area contributed by atoms with Crippen LogP contribution in [0.15, 0.2) is 5.11 Å². The van der Waals surface area contributed by atoms with Crippen molar-refractivity contribution >= 4 is 5.97 Å². The van der Waals surface area contributed by atoms with Gasteiger partial charge in [-0.25, -0.2) is 0 Å². The highest BCUT2D eigenvalue weighted by Crippen LogP contribution is 2.08. The fourth-order valence-corrected chi connectivity index (χ4v) is 0.736. The van der Waals surface area contributed by atoms with Crippen LogP contribution in [0.5, 0.6) is 0 Å². The molecule has 0 fully saturated rings. The van der Waals surface area contributed by atoms with Crippen LogP contribution < -0.4 is 0 Å². The Morgan fingerprint density at radius 2 is 2.25 bits per heavy atom. The molecule has 0 radical (unpaired) electrons. The molecule has 0 aromatic rings. The Bertz CT molecular complexity index is 197. The lowest BCUT2D eigenvalue weighted by atomic mass is 10.1. The van der Waals surface area contributed by atoms with E-state index in [0.29, 0.717) is 6.61 Å². The van der Waals surface area contributed by atoms with E-state index in [1.807, 2.05) is 0 Å². The molecule has 1 atom stereocenters. The summed E-state index contributed by atoms with van der Waals surface area (Å²) in [6.07, 6.45) is 0. The second kappa shape index (κ2) is 5.43. The van der Waals surface area contributed by atoms with E-state index in [9.17, 15) is 4.79 Å². The maximum Gasteiger partial charge on any atom is 0.315 e. The lowest BCUT2D eigenvalue weighted by molar-refractivity contribution is -0.145. The normalized spacial score (nSPS) is 12.0. The third-order valence-corrected chi connectivity index (χ3v) is 1.34. The van der Waals surface area contributed by atoms with Gasteiger partial charge in [0.25, 0.3) is 0 Å². The van der Waals surface area contributed by atoms with Crippen LogP contribution in [0.3, 0.4) is 0 Å². The average molecular weight is 171 g/mol. The Hall–Kier alpha value is -1.22. The summed E-state index contributed by atoms with van der Waals surface area (Å²) < 4.78 is 4.71. The number of carbonyl (C=O) groups is 1. The second-order valence-electron chi connectivity index (χ2n) is 2.65. The van der Waals surface area contributed by atoms with E-state index in [1.165, 1.54) is 0 Å². The van der Waals surface area contributed by atoms with Gasteiger partial charge >= 0.3 is 5.97 Å². The van der Waals surface area contributed by atoms with Crippen molar-refractivity contribution in [2.45, 2.75) is 26.8 Å². The molecule has 0 aromatic heterocycles. The number of rotatable bonds is 4. The van der Waals surface area contributed by atoms with Crippen molar-refractivity contribution in [1.82, 2.24) is 0 Å². The zero-order valence-corrected chi connectivity index (χ0v) is 7.52. The lowest BCUT2D eigenvalue weighted by Gasteiger charge is -2.12. The summed E-state index contributed by atoms with van der Waals surface area (Å²) in [6, 6.07) is -0.699. The molecule has 0 amide bonds. The third kappa shape index (κ3) is 3.25. The van der Waals surface area contributed by atoms with Gasteiger partial charge in [-0.2, -0.15) is 0 Å². The van der Waals surface area contributed by atoms with Crippen molar-refractivity contribution in [3.8, 4) is 0 Å². The Labute approximate surface area is 71.3 Å². The van der Waals surface area contributed by atoms with Gasteiger partial charge in [0.15, 0.2) is 0 Å². The second-order valence-corrected chi connectivity index (χ2v) is 2.65. The maximum absolute atomic E-state index is 11.1. The van der Waals surface area contributed by atoms with Gasteiger partial charge in [-0.1, -0.05) is 19.0 Å². The number of esters is 1. The topological polar surface area (TPSA) is 75.1 Å². The van der Waals surface area contributed by atoms with Crippen LogP contribution >= 0.6 is 0 Å². The van der Waals surface area contributed by atoms with Gasteiger partial charge in [-0.3, -0.25) is 4.79 Å². The summed E-state index contributed by atoms with van der Waals surface area (Å²) >= 11 is 0. The van der Waals surface area contributed by atoms with Gasteiger partial charge in [0.2, 0.25) is 0 Å². The summed E-state index contributed by atoms with van der Waals surface area (Å²) in [7, 11) is 0. The average Bonchev–Trinajstić information content (AvgIpc) is 1.99. The Balaban J connectivity index is 4.29. The van der Waals surface area contributed by atoms with Gasteiger partial charge in [-0.05, 0) is 18.4 Å². The van der Waals surface area contributed by atoms with E-state index in [1.54, 1.807) is 20.8 Å². The molecule has 0 N–H and O–H groups in total. The molecule has 0 saturated carbocycles. The fourth-order valence-electron chi connectivity index (χ4n) is 0.736. The molecular weight excluding hydrogens is 158 g/mol. The number of hydrogen-bond acceptors (Lipinski definition) is 3. The SMILES string of the molecule is CCOC(=O)[C@H](N=[N+]=[N-])C(C)C. The van der Waals surface area contributed by atoms with Gasteiger partial charge < -0.3 is 4.74 Å². The van der Waals surface area contributed by atoms with Crippen LogP contribution in [-0.2, 0) is 9.53 Å². The highest BCUT2D eigenvalue weighted by atomic mass is 16.5. The smallest absolute Gasteiger partial charge is 0.315 e. The molecule has 0 bridgehead atoms. The Morgan fingerprint density at radius 1 is 1.67 bits per heavy atom. The third-order valence-electron chi connectivity index (χ3n) is 1.34. The molecule has 0 heterocycles. The summed E-state index contributed by atoms with van der Waals surface area (Å²) in [5.41, 5.74) is 8.15. The molecular formula is C7H13N3O2. The Morgan fingerprint density at radius 3 is 2.58 bits per heavy atom. The monoisotopic (exact) mass is 171 g/mol. The molecule has 0 rings (SSSR count). The number of nitrogens with zero attached hydrogens (tertiary/aromatic N) is 3. The van der Waals surface area contributed by atoms with Gasteiger partial charge in [0, 0.05) is 4.91 Å². The number of ether oxygens (including phenoxy) is 1. The van der Waals surface area contributed by atoms with Crippen molar-refractivity contribution in [3.63, 3.8) is 0 Å². The summed E-state index contributed by atoms with van der Waals surface area (Å²) in [5, 5.41) is 3.35. The number of azide groups is 1. The minimum Gasteiger partial charge on any atom is -0.466 e. The maximum atomic E-state index is 11.1. The first-order chi connectivity index (χ1) is 5.63. The molecule has 0 unspecified atom stereocenters. The first-order valence-corrected chi connectivity index (χ1v) is 3.84. The molecule has 0 spiro atoms. The molecule has 5 nitrogen and oxygen atoms in total. The fraction of sp³-hybridized carbons (Fsp3) is 0.857. The first kappa shape index (κ1) is 10.8. The van der Waals surface area contributed by atoms with Crippen LogP contribution in [-0.4, -0.2) is 18.6 Å². The minimum absolute atomic E-state index is 0.0278. The predicted octanol–water partition coefficient (Wildman–Crippen LogP) is 1.88. The standard InChI is InChI=1S/C7H13N3O2/c1-4-12-7(11)6(5(2)3)9-10-8/h5-6H,4H2,1-3H3/t6-/m1/s1. The van der Waals surface area contributed by atoms with Crippen molar-refractivity contribution in [3.05, 3.63) is 10.4 Å². The van der Waals surface area contributed by atoms with Gasteiger partial charge in [0.1, 0.15) is 6.04 Å². The number of carbonyl (C=O) groups excluding carboxylic acids is 1. The van der Waals surface area contributed by atoms with Crippen molar-refractivity contribution in [2.24, 2.45) is 11.0 Å². The molecule has 0 saturated heterocycles. The van der Waals surface area contributed by atoms with Crippen LogP contribution in [0.25, 0.3) is 10.4 Å². The summed E-state index contributed by atoms with van der Waals surface area (Å²) in [5.74, 6) is -0.481. The van der Waals surface area contributed by atoms with E-state index >= 15 is 0 Å². The molecule has 0 aliphatic carbocycles. The molecule has 0 aliphatic rings. The highest BCUT2D eigenvalue weighted by Gasteiger charge is 2.21. The van der Waals surface area contributed by atoms with Crippen LogP contribution in [0.1, 0.15) is 20.8 Å². The van der Waals surface area contributed by atoms with E-state index in [2.05, 4.69) is 10.0 Å². The van der Waals surface area contributed by atoms with Gasteiger partial charge in [-0.15, -0.1) is 0 Å². The van der Waals surface area contributed by atoms with Crippen LogP contribution in [0, 0.1) is 5.92 Å². The van der Waals surface area contributed by atoms with Crippen molar-refractivity contribution in [2.75, 3.05) is 6.61 Å². The quantitative estimate of drug-likeness (QED) is 0.280. The summed E-state index contributed by atoms with van der Waals surface area (Å²) in [4.78, 5) is 13.7. The minimum atomic E-state index is -0.699. The lowest BCUT2D eigenvalue weighted by Crippen LogP contribution is -2.26. The molecule has 5 heteroatoms.